The lowest BCUT2D eigenvalue weighted by atomic mass is 10.1. The molecule has 1 N–H and O–H groups in total. The highest BCUT2D eigenvalue weighted by molar-refractivity contribution is 6.39. The minimum absolute atomic E-state index is 0.0856. The van der Waals surface area contributed by atoms with E-state index in [1.807, 2.05) is 0 Å². The number of nitrogens with zero attached hydrogens (tertiary/aromatic N) is 1. The van der Waals surface area contributed by atoms with E-state index in [9.17, 15) is 18.8 Å². The van der Waals surface area contributed by atoms with E-state index in [1.165, 1.54) is 30.3 Å². The van der Waals surface area contributed by atoms with E-state index in [-0.39, 0.29) is 23.6 Å². The van der Waals surface area contributed by atoms with Crippen molar-refractivity contribution in [3.8, 4) is 5.75 Å². The van der Waals surface area contributed by atoms with Crippen LogP contribution in [0.4, 0.5) is 14.9 Å². The SMILES string of the molecule is O=C1NC(=O)N(c2cccc(Cl)c2)C(=O)/C1=C/c1cc(Cl)ccc1OCc1ccccc1F. The number of amides is 4. The molecule has 0 spiro atoms. The molecule has 4 amide bonds. The molecule has 0 radical (unpaired) electrons. The van der Waals surface area contributed by atoms with Crippen molar-refractivity contribution >= 4 is 52.8 Å². The monoisotopic (exact) mass is 484 g/mol. The molecule has 1 saturated heterocycles. The number of barbiturate groups is 1. The number of hydrogen-bond acceptors (Lipinski definition) is 4. The number of benzene rings is 3. The van der Waals surface area contributed by atoms with Crippen molar-refractivity contribution in [2.24, 2.45) is 0 Å². The fourth-order valence-electron chi connectivity index (χ4n) is 3.20. The van der Waals surface area contributed by atoms with Crippen LogP contribution in [0.1, 0.15) is 11.1 Å². The van der Waals surface area contributed by atoms with Crippen LogP contribution in [-0.2, 0) is 16.2 Å². The Balaban J connectivity index is 1.69. The highest BCUT2D eigenvalue weighted by atomic mass is 35.5. The van der Waals surface area contributed by atoms with Crippen molar-refractivity contribution in [1.29, 1.82) is 0 Å². The summed E-state index contributed by atoms with van der Waals surface area (Å²) < 4.78 is 19.7. The summed E-state index contributed by atoms with van der Waals surface area (Å²) in [5.74, 6) is -1.87. The number of rotatable bonds is 5. The number of carbonyl (C=O) groups excluding carboxylic acids is 3. The standard InChI is InChI=1S/C24H15Cl2FN2O4/c25-16-5-3-6-18(12-16)29-23(31)19(22(30)28-24(29)32)11-15-10-17(26)8-9-21(15)33-13-14-4-1-2-7-20(14)27/h1-12H,13H2,(H,28,30,32)/b19-11+. The normalized spacial score (nSPS) is 15.1. The van der Waals surface area contributed by atoms with Gasteiger partial charge in [0.25, 0.3) is 11.8 Å². The summed E-state index contributed by atoms with van der Waals surface area (Å²) in [5, 5.41) is 2.78. The van der Waals surface area contributed by atoms with Crippen molar-refractivity contribution in [3.63, 3.8) is 0 Å². The van der Waals surface area contributed by atoms with Crippen molar-refractivity contribution in [2.75, 3.05) is 4.90 Å². The third-order valence-electron chi connectivity index (χ3n) is 4.78. The Morgan fingerprint density at radius 2 is 1.70 bits per heavy atom. The maximum Gasteiger partial charge on any atom is 0.335 e. The number of halogens is 3. The third kappa shape index (κ3) is 4.89. The highest BCUT2D eigenvalue weighted by Crippen LogP contribution is 2.29. The molecule has 3 aromatic rings. The van der Waals surface area contributed by atoms with Gasteiger partial charge in [0.05, 0.1) is 5.69 Å². The Morgan fingerprint density at radius 3 is 2.45 bits per heavy atom. The van der Waals surface area contributed by atoms with Gasteiger partial charge in [0.2, 0.25) is 0 Å². The van der Waals surface area contributed by atoms with Gasteiger partial charge in [-0.15, -0.1) is 0 Å². The van der Waals surface area contributed by atoms with E-state index in [0.29, 0.717) is 21.2 Å². The van der Waals surface area contributed by atoms with Crippen LogP contribution >= 0.6 is 23.2 Å². The summed E-state index contributed by atoms with van der Waals surface area (Å²) in [7, 11) is 0. The molecule has 0 unspecified atom stereocenters. The topological polar surface area (TPSA) is 75.7 Å². The van der Waals surface area contributed by atoms with E-state index in [2.05, 4.69) is 5.32 Å². The number of anilines is 1. The summed E-state index contributed by atoms with van der Waals surface area (Å²) in [5.41, 5.74) is 0.520. The second-order valence-corrected chi connectivity index (χ2v) is 7.87. The van der Waals surface area contributed by atoms with E-state index < -0.39 is 23.7 Å². The Hall–Kier alpha value is -3.68. The quantitative estimate of drug-likeness (QED) is 0.389. The van der Waals surface area contributed by atoms with Crippen LogP contribution in [0.3, 0.4) is 0 Å². The van der Waals surface area contributed by atoms with Gasteiger partial charge in [0.15, 0.2) is 0 Å². The molecule has 9 heteroatoms. The van der Waals surface area contributed by atoms with Crippen LogP contribution in [0.2, 0.25) is 10.0 Å². The first-order valence-electron chi connectivity index (χ1n) is 9.66. The van der Waals surface area contributed by atoms with Gasteiger partial charge in [0.1, 0.15) is 23.7 Å². The molecule has 3 aromatic carbocycles. The van der Waals surface area contributed by atoms with Gasteiger partial charge >= 0.3 is 6.03 Å². The molecular weight excluding hydrogens is 470 g/mol. The first-order valence-corrected chi connectivity index (χ1v) is 10.4. The largest absolute Gasteiger partial charge is 0.488 e. The number of ether oxygens (including phenoxy) is 1. The molecule has 4 rings (SSSR count). The fourth-order valence-corrected chi connectivity index (χ4v) is 3.56. The predicted octanol–water partition coefficient (Wildman–Crippen LogP) is 5.38. The molecular formula is C24H15Cl2FN2O4. The average Bonchev–Trinajstić information content (AvgIpc) is 2.77. The summed E-state index contributed by atoms with van der Waals surface area (Å²) in [6.07, 6.45) is 1.27. The molecule has 0 aliphatic carbocycles. The Morgan fingerprint density at radius 1 is 0.939 bits per heavy atom. The van der Waals surface area contributed by atoms with Gasteiger partial charge in [-0.25, -0.2) is 14.1 Å². The highest BCUT2D eigenvalue weighted by Gasteiger charge is 2.37. The second-order valence-electron chi connectivity index (χ2n) is 7.00. The number of urea groups is 1. The van der Waals surface area contributed by atoms with Crippen LogP contribution in [-0.4, -0.2) is 17.8 Å². The minimum atomic E-state index is -0.897. The molecule has 6 nitrogen and oxygen atoms in total. The zero-order valence-corrected chi connectivity index (χ0v) is 18.4. The smallest absolute Gasteiger partial charge is 0.335 e. The van der Waals surface area contributed by atoms with Crippen LogP contribution in [0.15, 0.2) is 72.3 Å². The third-order valence-corrected chi connectivity index (χ3v) is 5.25. The van der Waals surface area contributed by atoms with E-state index in [4.69, 9.17) is 27.9 Å². The molecule has 1 fully saturated rings. The molecule has 0 bridgehead atoms. The molecule has 0 aromatic heterocycles. The zero-order chi connectivity index (χ0) is 23.5. The Labute approximate surface area is 198 Å². The van der Waals surface area contributed by atoms with Crippen molar-refractivity contribution in [3.05, 3.63) is 99.3 Å². The van der Waals surface area contributed by atoms with Gasteiger partial charge < -0.3 is 4.74 Å². The number of imide groups is 2. The first kappa shape index (κ1) is 22.5. The molecule has 33 heavy (non-hydrogen) atoms. The van der Waals surface area contributed by atoms with Crippen LogP contribution in [0.5, 0.6) is 5.75 Å². The van der Waals surface area contributed by atoms with Gasteiger partial charge in [-0.05, 0) is 48.5 Å². The van der Waals surface area contributed by atoms with Gasteiger partial charge in [0, 0.05) is 21.2 Å². The lowest BCUT2D eigenvalue weighted by molar-refractivity contribution is -0.122. The first-order chi connectivity index (χ1) is 15.8. The Bertz CT molecular complexity index is 1310. The molecule has 166 valence electrons. The molecule has 1 aliphatic rings. The predicted molar refractivity (Wildman–Crippen MR) is 123 cm³/mol. The molecule has 1 heterocycles. The molecule has 0 saturated carbocycles. The summed E-state index contributed by atoms with van der Waals surface area (Å²) in [6, 6.07) is 15.9. The minimum Gasteiger partial charge on any atom is -0.488 e. The van der Waals surface area contributed by atoms with Crippen LogP contribution < -0.4 is 15.0 Å². The summed E-state index contributed by atoms with van der Waals surface area (Å²) in [6.45, 7) is -0.0856. The number of nitrogens with one attached hydrogen (secondary N) is 1. The van der Waals surface area contributed by atoms with Crippen LogP contribution in [0.25, 0.3) is 6.08 Å². The molecule has 1 aliphatic heterocycles. The lowest BCUT2D eigenvalue weighted by Crippen LogP contribution is -2.54. The summed E-state index contributed by atoms with van der Waals surface area (Å²) >= 11 is 12.1. The van der Waals surface area contributed by atoms with E-state index in [0.717, 1.165) is 4.90 Å². The van der Waals surface area contributed by atoms with Crippen molar-refractivity contribution in [2.45, 2.75) is 6.61 Å². The number of hydrogen-bond donors (Lipinski definition) is 1. The van der Waals surface area contributed by atoms with Gasteiger partial charge in [-0.1, -0.05) is 47.5 Å². The van der Waals surface area contributed by atoms with Gasteiger partial charge in [-0.3, -0.25) is 14.9 Å². The maximum atomic E-state index is 13.9. The van der Waals surface area contributed by atoms with Gasteiger partial charge in [-0.2, -0.15) is 0 Å². The van der Waals surface area contributed by atoms with Crippen LogP contribution in [0, 0.1) is 5.82 Å². The fraction of sp³-hybridized carbons (Fsp3) is 0.0417. The number of carbonyl (C=O) groups is 3. The zero-order valence-electron chi connectivity index (χ0n) is 16.8. The maximum absolute atomic E-state index is 13.9. The Kier molecular flexibility index (Phi) is 6.44. The summed E-state index contributed by atoms with van der Waals surface area (Å²) in [4.78, 5) is 38.7. The van der Waals surface area contributed by atoms with Crippen molar-refractivity contribution < 1.29 is 23.5 Å². The second kappa shape index (κ2) is 9.44. The van der Waals surface area contributed by atoms with E-state index in [1.54, 1.807) is 42.5 Å². The average molecular weight is 485 g/mol. The van der Waals surface area contributed by atoms with Crippen molar-refractivity contribution in [1.82, 2.24) is 5.32 Å². The molecule has 0 atom stereocenters. The lowest BCUT2D eigenvalue weighted by Gasteiger charge is -2.26. The van der Waals surface area contributed by atoms with E-state index >= 15 is 0 Å².